The summed E-state index contributed by atoms with van der Waals surface area (Å²) >= 11 is 1.18. The summed E-state index contributed by atoms with van der Waals surface area (Å²) in [6.07, 6.45) is 2.07. The second-order valence-electron chi connectivity index (χ2n) is 6.30. The molecule has 3 aromatic rings. The van der Waals surface area contributed by atoms with Crippen molar-refractivity contribution in [1.82, 2.24) is 4.98 Å². The molecule has 28 heavy (non-hydrogen) atoms. The van der Waals surface area contributed by atoms with Crippen LogP contribution >= 0.6 is 11.3 Å². The molecule has 0 radical (unpaired) electrons. The lowest BCUT2D eigenvalue weighted by Gasteiger charge is -2.06. The van der Waals surface area contributed by atoms with Gasteiger partial charge in [0.2, 0.25) is 0 Å². The van der Waals surface area contributed by atoms with Gasteiger partial charge in [-0.05, 0) is 30.7 Å². The molecule has 0 aliphatic heterocycles. The van der Waals surface area contributed by atoms with Gasteiger partial charge >= 0.3 is 0 Å². The minimum atomic E-state index is -0.274. The quantitative estimate of drug-likeness (QED) is 0.408. The maximum Gasteiger partial charge on any atom is 0.257 e. The third-order valence-corrected chi connectivity index (χ3v) is 5.17. The summed E-state index contributed by atoms with van der Waals surface area (Å²) in [5.41, 5.74) is 1.94. The summed E-state index contributed by atoms with van der Waals surface area (Å²) < 4.78 is 5.61. The van der Waals surface area contributed by atoms with E-state index in [-0.39, 0.29) is 11.7 Å². The fourth-order valence-electron chi connectivity index (χ4n) is 2.61. The lowest BCUT2D eigenvalue weighted by molar-refractivity contribution is 0.101. The van der Waals surface area contributed by atoms with Gasteiger partial charge in [0.05, 0.1) is 17.2 Å². The molecule has 144 valence electrons. The monoisotopic (exact) mass is 394 g/mol. The largest absolute Gasteiger partial charge is 0.494 e. The number of benzene rings is 2. The van der Waals surface area contributed by atoms with E-state index in [2.05, 4.69) is 17.2 Å². The van der Waals surface area contributed by atoms with Gasteiger partial charge in [-0.1, -0.05) is 55.0 Å². The highest BCUT2D eigenvalue weighted by atomic mass is 32.1. The van der Waals surface area contributed by atoms with Crippen LogP contribution < -0.4 is 10.1 Å². The Morgan fingerprint density at radius 2 is 1.79 bits per heavy atom. The van der Waals surface area contributed by atoms with Crippen molar-refractivity contribution in [2.45, 2.75) is 26.7 Å². The minimum absolute atomic E-state index is 0.0783. The normalized spacial score (nSPS) is 10.5. The molecule has 0 spiro atoms. The molecule has 1 aromatic heterocycles. The van der Waals surface area contributed by atoms with Crippen LogP contribution in [0.2, 0.25) is 0 Å². The van der Waals surface area contributed by atoms with Crippen LogP contribution in [0.1, 0.15) is 46.7 Å². The first-order valence-corrected chi connectivity index (χ1v) is 10.0. The maximum absolute atomic E-state index is 12.5. The Morgan fingerprint density at radius 3 is 2.43 bits per heavy atom. The van der Waals surface area contributed by atoms with E-state index in [1.54, 1.807) is 24.3 Å². The molecule has 1 amide bonds. The van der Waals surface area contributed by atoms with Crippen LogP contribution in [0.4, 0.5) is 5.13 Å². The molecule has 3 rings (SSSR count). The molecule has 0 bridgehead atoms. The highest BCUT2D eigenvalue weighted by molar-refractivity contribution is 7.18. The van der Waals surface area contributed by atoms with Gasteiger partial charge < -0.3 is 4.74 Å². The number of amides is 1. The van der Waals surface area contributed by atoms with Gasteiger partial charge in [0.1, 0.15) is 5.75 Å². The van der Waals surface area contributed by atoms with Gasteiger partial charge in [0.25, 0.3) is 5.91 Å². The zero-order valence-electron chi connectivity index (χ0n) is 15.9. The third kappa shape index (κ3) is 4.84. The van der Waals surface area contributed by atoms with E-state index in [1.807, 2.05) is 30.3 Å². The number of thiazole rings is 1. The van der Waals surface area contributed by atoms with Crippen molar-refractivity contribution < 1.29 is 14.3 Å². The lowest BCUT2D eigenvalue weighted by atomic mass is 10.1. The number of hydrogen-bond donors (Lipinski definition) is 1. The van der Waals surface area contributed by atoms with Crippen LogP contribution in [0, 0.1) is 0 Å². The number of carbonyl (C=O) groups excluding carboxylic acids is 2. The molecule has 1 heterocycles. The van der Waals surface area contributed by atoms with Gasteiger partial charge in [-0.2, -0.15) is 0 Å². The van der Waals surface area contributed by atoms with Crippen molar-refractivity contribution >= 4 is 28.2 Å². The number of carbonyl (C=O) groups is 2. The van der Waals surface area contributed by atoms with E-state index in [0.717, 1.165) is 24.2 Å². The van der Waals surface area contributed by atoms with Crippen LogP contribution in [0.3, 0.4) is 0 Å². The van der Waals surface area contributed by atoms with Gasteiger partial charge in [0, 0.05) is 18.1 Å². The number of ether oxygens (including phenoxy) is 1. The SMILES string of the molecule is CCCCOc1ccc(C(=O)Nc2nc(-c3ccccc3)c(C(C)=O)s2)cc1. The number of aromatic nitrogens is 1. The summed E-state index contributed by atoms with van der Waals surface area (Å²) in [5, 5.41) is 3.19. The van der Waals surface area contributed by atoms with Crippen molar-refractivity contribution in [2.24, 2.45) is 0 Å². The second kappa shape index (κ2) is 9.28. The molecule has 5 nitrogen and oxygen atoms in total. The van der Waals surface area contributed by atoms with E-state index < -0.39 is 0 Å². The van der Waals surface area contributed by atoms with Gasteiger partial charge in [-0.3, -0.25) is 14.9 Å². The highest BCUT2D eigenvalue weighted by Gasteiger charge is 2.18. The number of unbranched alkanes of at least 4 members (excludes halogenated alkanes) is 1. The molecule has 0 saturated carbocycles. The summed E-state index contributed by atoms with van der Waals surface area (Å²) in [6, 6.07) is 16.5. The van der Waals surface area contributed by atoms with Crippen LogP contribution in [0.15, 0.2) is 54.6 Å². The fraction of sp³-hybridized carbons (Fsp3) is 0.227. The van der Waals surface area contributed by atoms with Crippen molar-refractivity contribution in [3.8, 4) is 17.0 Å². The zero-order chi connectivity index (χ0) is 19.9. The number of ketones is 1. The Kier molecular flexibility index (Phi) is 6.55. The fourth-order valence-corrected chi connectivity index (χ4v) is 3.49. The first kappa shape index (κ1) is 19.8. The standard InChI is InChI=1S/C22H22N2O3S/c1-3-4-14-27-18-12-10-17(11-13-18)21(26)24-22-23-19(20(28-22)15(2)25)16-8-6-5-7-9-16/h5-13H,3-4,14H2,1-2H3,(H,23,24,26). The Balaban J connectivity index is 1.74. The van der Waals surface area contributed by atoms with Gasteiger partial charge in [0.15, 0.2) is 10.9 Å². The van der Waals surface area contributed by atoms with E-state index in [0.29, 0.717) is 27.9 Å². The highest BCUT2D eigenvalue weighted by Crippen LogP contribution is 2.31. The summed E-state index contributed by atoms with van der Waals surface area (Å²) in [4.78, 5) is 29.5. The lowest BCUT2D eigenvalue weighted by Crippen LogP contribution is -2.11. The number of nitrogens with one attached hydrogen (secondary N) is 1. The third-order valence-electron chi connectivity index (χ3n) is 4.10. The topological polar surface area (TPSA) is 68.3 Å². The number of nitrogens with zero attached hydrogens (tertiary/aromatic N) is 1. The Morgan fingerprint density at radius 1 is 1.07 bits per heavy atom. The molecule has 6 heteroatoms. The zero-order valence-corrected chi connectivity index (χ0v) is 16.7. The Bertz CT molecular complexity index is 950. The van der Waals surface area contributed by atoms with Crippen molar-refractivity contribution in [2.75, 3.05) is 11.9 Å². The van der Waals surface area contributed by atoms with Crippen LogP contribution in [0.25, 0.3) is 11.3 Å². The first-order chi connectivity index (χ1) is 13.6. The van der Waals surface area contributed by atoms with Crippen LogP contribution in [-0.4, -0.2) is 23.3 Å². The Hall–Kier alpha value is -2.99. The molecule has 0 unspecified atom stereocenters. The Labute approximate surface area is 168 Å². The summed E-state index contributed by atoms with van der Waals surface area (Å²) in [7, 11) is 0. The van der Waals surface area contributed by atoms with E-state index in [1.165, 1.54) is 18.3 Å². The van der Waals surface area contributed by atoms with E-state index in [9.17, 15) is 9.59 Å². The van der Waals surface area contributed by atoms with E-state index >= 15 is 0 Å². The number of Topliss-reactive ketones (excluding diaryl/α,β-unsaturated/α-hetero) is 1. The smallest absolute Gasteiger partial charge is 0.257 e. The minimum Gasteiger partial charge on any atom is -0.494 e. The van der Waals surface area contributed by atoms with Gasteiger partial charge in [-0.25, -0.2) is 4.98 Å². The number of anilines is 1. The molecular formula is C22H22N2O3S. The van der Waals surface area contributed by atoms with Crippen molar-refractivity contribution in [1.29, 1.82) is 0 Å². The number of hydrogen-bond acceptors (Lipinski definition) is 5. The molecule has 1 N–H and O–H groups in total. The predicted octanol–water partition coefficient (Wildman–Crippen LogP) is 5.44. The molecular weight excluding hydrogens is 372 g/mol. The maximum atomic E-state index is 12.5. The summed E-state index contributed by atoms with van der Waals surface area (Å²) in [5.74, 6) is 0.387. The molecule has 2 aromatic carbocycles. The van der Waals surface area contributed by atoms with Gasteiger partial charge in [-0.15, -0.1) is 0 Å². The molecule has 0 saturated heterocycles. The number of rotatable bonds is 8. The second-order valence-corrected chi connectivity index (χ2v) is 7.30. The molecule has 0 fully saturated rings. The predicted molar refractivity (Wildman–Crippen MR) is 112 cm³/mol. The van der Waals surface area contributed by atoms with Crippen molar-refractivity contribution in [3.63, 3.8) is 0 Å². The van der Waals surface area contributed by atoms with Crippen molar-refractivity contribution in [3.05, 3.63) is 65.0 Å². The molecule has 0 aliphatic carbocycles. The molecule has 0 aliphatic rings. The summed E-state index contributed by atoms with van der Waals surface area (Å²) in [6.45, 7) is 4.27. The van der Waals surface area contributed by atoms with E-state index in [4.69, 9.17) is 4.74 Å². The van der Waals surface area contributed by atoms with Crippen LogP contribution in [-0.2, 0) is 0 Å². The average molecular weight is 394 g/mol. The average Bonchev–Trinajstić information content (AvgIpc) is 3.13. The van der Waals surface area contributed by atoms with Crippen LogP contribution in [0.5, 0.6) is 5.75 Å². The first-order valence-electron chi connectivity index (χ1n) is 9.20. The molecule has 0 atom stereocenters.